The maximum atomic E-state index is 13.5. The van der Waals surface area contributed by atoms with Crippen LogP contribution in [0.2, 0.25) is 10.0 Å². The zero-order valence-electron chi connectivity index (χ0n) is 21.3. The fourth-order valence-corrected chi connectivity index (χ4v) is 5.90. The van der Waals surface area contributed by atoms with Gasteiger partial charge >= 0.3 is 0 Å². The lowest BCUT2D eigenvalue weighted by Gasteiger charge is -2.32. The molecule has 0 unspecified atom stereocenters. The Morgan fingerprint density at radius 3 is 2.11 bits per heavy atom. The molecule has 0 spiro atoms. The van der Waals surface area contributed by atoms with Crippen LogP contribution in [0.15, 0.2) is 48.5 Å². The Morgan fingerprint density at radius 2 is 1.57 bits per heavy atom. The largest absolute Gasteiger partial charge is 0.352 e. The van der Waals surface area contributed by atoms with E-state index in [0.717, 1.165) is 37.5 Å². The summed E-state index contributed by atoms with van der Waals surface area (Å²) in [6.07, 6.45) is 6.11. The van der Waals surface area contributed by atoms with E-state index in [1.54, 1.807) is 41.3 Å². The SMILES string of the molecule is CC[C@H](C(=O)NC1CCCC1)N(Cc1ccc(Cl)cc1)C(=O)CCCN(c1ccc(Cl)cc1)S(C)(=O)=O. The van der Waals surface area contributed by atoms with Crippen LogP contribution < -0.4 is 9.62 Å². The number of halogens is 2. The highest BCUT2D eigenvalue weighted by atomic mass is 35.5. The number of nitrogens with one attached hydrogen (secondary N) is 1. The van der Waals surface area contributed by atoms with Gasteiger partial charge in [-0.1, -0.05) is 55.1 Å². The molecule has 10 heteroatoms. The van der Waals surface area contributed by atoms with Crippen molar-refractivity contribution in [3.63, 3.8) is 0 Å². The van der Waals surface area contributed by atoms with E-state index in [2.05, 4.69) is 5.32 Å². The summed E-state index contributed by atoms with van der Waals surface area (Å²) in [4.78, 5) is 28.3. The number of hydrogen-bond donors (Lipinski definition) is 1. The molecule has 0 heterocycles. The minimum Gasteiger partial charge on any atom is -0.352 e. The highest BCUT2D eigenvalue weighted by Crippen LogP contribution is 2.23. The van der Waals surface area contributed by atoms with Crippen molar-refractivity contribution < 1.29 is 18.0 Å². The number of carbonyl (C=O) groups excluding carboxylic acids is 2. The standard InChI is InChI=1S/C27H35Cl2N3O4S/c1-3-25(27(34)30-23-7-4-5-8-23)31(19-20-10-12-21(28)13-11-20)26(33)9-6-18-32(37(2,35)36)24-16-14-22(29)15-17-24/h10-17,23,25H,3-9,18-19H2,1-2H3,(H,30,34)/t25-/m1/s1. The Hall–Kier alpha value is -2.29. The van der Waals surface area contributed by atoms with Crippen molar-refractivity contribution in [1.29, 1.82) is 0 Å². The maximum absolute atomic E-state index is 13.5. The van der Waals surface area contributed by atoms with Gasteiger partial charge in [-0.15, -0.1) is 0 Å². The van der Waals surface area contributed by atoms with Crippen LogP contribution >= 0.6 is 23.2 Å². The number of rotatable bonds is 12. The molecule has 0 aliphatic heterocycles. The number of carbonyl (C=O) groups is 2. The van der Waals surface area contributed by atoms with Gasteiger partial charge in [0.2, 0.25) is 21.8 Å². The van der Waals surface area contributed by atoms with E-state index in [-0.39, 0.29) is 37.4 Å². The van der Waals surface area contributed by atoms with E-state index in [9.17, 15) is 18.0 Å². The van der Waals surface area contributed by atoms with Crippen LogP contribution in [0, 0.1) is 0 Å². The van der Waals surface area contributed by atoms with Crippen LogP contribution in [0.25, 0.3) is 0 Å². The van der Waals surface area contributed by atoms with Crippen LogP contribution in [0.4, 0.5) is 5.69 Å². The third-order valence-electron chi connectivity index (χ3n) is 6.62. The molecule has 2 amide bonds. The monoisotopic (exact) mass is 567 g/mol. The van der Waals surface area contributed by atoms with Gasteiger partial charge in [0.25, 0.3) is 0 Å². The first-order chi connectivity index (χ1) is 17.6. The fraction of sp³-hybridized carbons (Fsp3) is 0.481. The van der Waals surface area contributed by atoms with Crippen molar-refractivity contribution >= 4 is 50.7 Å². The highest BCUT2D eigenvalue weighted by molar-refractivity contribution is 7.92. The molecule has 37 heavy (non-hydrogen) atoms. The first-order valence-corrected chi connectivity index (χ1v) is 15.3. The van der Waals surface area contributed by atoms with E-state index >= 15 is 0 Å². The Morgan fingerprint density at radius 1 is 1.00 bits per heavy atom. The predicted octanol–water partition coefficient (Wildman–Crippen LogP) is 5.41. The summed E-state index contributed by atoms with van der Waals surface area (Å²) in [6.45, 7) is 2.29. The first-order valence-electron chi connectivity index (χ1n) is 12.7. The smallest absolute Gasteiger partial charge is 0.243 e. The topological polar surface area (TPSA) is 86.8 Å². The molecule has 1 atom stereocenters. The van der Waals surface area contributed by atoms with Gasteiger partial charge in [0.1, 0.15) is 6.04 Å². The van der Waals surface area contributed by atoms with Gasteiger partial charge in [0.15, 0.2) is 0 Å². The van der Waals surface area contributed by atoms with E-state index in [0.29, 0.717) is 28.6 Å². The van der Waals surface area contributed by atoms with Crippen molar-refractivity contribution in [1.82, 2.24) is 10.2 Å². The molecule has 0 radical (unpaired) electrons. The zero-order chi connectivity index (χ0) is 27.0. The Labute approximate surface area is 230 Å². The zero-order valence-corrected chi connectivity index (χ0v) is 23.7. The van der Waals surface area contributed by atoms with E-state index in [1.165, 1.54) is 4.31 Å². The van der Waals surface area contributed by atoms with Crippen molar-refractivity contribution in [3.05, 3.63) is 64.1 Å². The van der Waals surface area contributed by atoms with Gasteiger partial charge in [-0.2, -0.15) is 0 Å². The number of benzene rings is 2. The second kappa shape index (κ2) is 13.5. The lowest BCUT2D eigenvalue weighted by atomic mass is 10.1. The molecule has 1 saturated carbocycles. The number of sulfonamides is 1. The van der Waals surface area contributed by atoms with Gasteiger partial charge in [-0.05, 0) is 67.6 Å². The lowest BCUT2D eigenvalue weighted by molar-refractivity contribution is -0.141. The molecular formula is C27H35Cl2N3O4S. The fourth-order valence-electron chi connectivity index (χ4n) is 4.68. The first kappa shape index (κ1) is 29.3. The molecule has 7 nitrogen and oxygen atoms in total. The molecule has 1 N–H and O–H groups in total. The van der Waals surface area contributed by atoms with Crippen LogP contribution in [0.5, 0.6) is 0 Å². The molecule has 0 saturated heterocycles. The Balaban J connectivity index is 1.74. The normalized spacial score (nSPS) is 14.8. The minimum atomic E-state index is -3.56. The molecule has 2 aromatic rings. The highest BCUT2D eigenvalue weighted by Gasteiger charge is 2.30. The quantitative estimate of drug-likeness (QED) is 0.371. The summed E-state index contributed by atoms with van der Waals surface area (Å²) in [7, 11) is -3.56. The van der Waals surface area contributed by atoms with Gasteiger partial charge in [-0.25, -0.2) is 8.42 Å². The number of hydrogen-bond acceptors (Lipinski definition) is 4. The second-order valence-corrected chi connectivity index (χ2v) is 12.3. The second-order valence-electron chi connectivity index (χ2n) is 9.48. The minimum absolute atomic E-state index is 0.0976. The maximum Gasteiger partial charge on any atom is 0.243 e. The summed E-state index contributed by atoms with van der Waals surface area (Å²) in [5.41, 5.74) is 1.35. The van der Waals surface area contributed by atoms with Crippen molar-refractivity contribution in [2.24, 2.45) is 0 Å². The number of amides is 2. The predicted molar refractivity (Wildman–Crippen MR) is 149 cm³/mol. The molecule has 3 rings (SSSR count). The van der Waals surface area contributed by atoms with Crippen molar-refractivity contribution in [2.75, 3.05) is 17.1 Å². The van der Waals surface area contributed by atoms with Gasteiger partial charge < -0.3 is 10.2 Å². The van der Waals surface area contributed by atoms with Gasteiger partial charge in [0.05, 0.1) is 11.9 Å². The van der Waals surface area contributed by atoms with Crippen molar-refractivity contribution in [3.8, 4) is 0 Å². The average Bonchev–Trinajstić information content (AvgIpc) is 3.36. The van der Waals surface area contributed by atoms with Gasteiger partial charge in [-0.3, -0.25) is 13.9 Å². The molecule has 1 aliphatic rings. The Bertz CT molecular complexity index is 1150. The molecule has 1 aliphatic carbocycles. The van der Waals surface area contributed by atoms with Gasteiger partial charge in [0, 0.05) is 35.6 Å². The van der Waals surface area contributed by atoms with Crippen molar-refractivity contribution in [2.45, 2.75) is 70.5 Å². The molecule has 202 valence electrons. The molecular weight excluding hydrogens is 533 g/mol. The molecule has 2 aromatic carbocycles. The van der Waals surface area contributed by atoms with E-state index in [4.69, 9.17) is 23.2 Å². The molecule has 1 fully saturated rings. The van der Waals surface area contributed by atoms with E-state index < -0.39 is 16.1 Å². The summed E-state index contributed by atoms with van der Waals surface area (Å²) in [5.74, 6) is -0.344. The summed E-state index contributed by atoms with van der Waals surface area (Å²) in [6, 6.07) is 13.3. The summed E-state index contributed by atoms with van der Waals surface area (Å²) < 4.78 is 26.1. The third kappa shape index (κ3) is 8.62. The number of nitrogens with zero attached hydrogens (tertiary/aromatic N) is 2. The number of anilines is 1. The van der Waals surface area contributed by atoms with Crippen LogP contribution in [0.1, 0.15) is 57.4 Å². The molecule has 0 bridgehead atoms. The Kier molecular flexibility index (Phi) is 10.7. The third-order valence-corrected chi connectivity index (χ3v) is 8.32. The van der Waals surface area contributed by atoms with Crippen LogP contribution in [-0.4, -0.2) is 50.0 Å². The van der Waals surface area contributed by atoms with E-state index in [1.807, 2.05) is 19.1 Å². The lowest BCUT2D eigenvalue weighted by Crippen LogP contribution is -2.51. The van der Waals surface area contributed by atoms with Crippen LogP contribution in [0.3, 0.4) is 0 Å². The van der Waals surface area contributed by atoms with Crippen LogP contribution in [-0.2, 0) is 26.2 Å². The summed E-state index contributed by atoms with van der Waals surface area (Å²) in [5, 5.41) is 4.23. The molecule has 0 aromatic heterocycles. The average molecular weight is 569 g/mol. The summed E-state index contributed by atoms with van der Waals surface area (Å²) >= 11 is 12.0.